The third-order valence-electron chi connectivity index (χ3n) is 4.34. The fourth-order valence-corrected chi connectivity index (χ4v) is 4.47. The Morgan fingerprint density at radius 1 is 1.19 bits per heavy atom. The van der Waals surface area contributed by atoms with Gasteiger partial charge < -0.3 is 5.32 Å². The van der Waals surface area contributed by atoms with Crippen LogP contribution in [0.2, 0.25) is 0 Å². The molecule has 0 spiro atoms. The van der Waals surface area contributed by atoms with Gasteiger partial charge in [0.2, 0.25) is 10.0 Å². The second-order valence-corrected chi connectivity index (χ2v) is 7.85. The third kappa shape index (κ3) is 3.30. The highest BCUT2D eigenvalue weighted by atomic mass is 32.2. The van der Waals surface area contributed by atoms with Gasteiger partial charge in [0.25, 0.3) is 0 Å². The molecule has 2 fully saturated rings. The van der Waals surface area contributed by atoms with Gasteiger partial charge in [-0.2, -0.15) is 5.10 Å². The first-order chi connectivity index (χ1) is 9.97. The van der Waals surface area contributed by atoms with Gasteiger partial charge in [0, 0.05) is 18.6 Å². The smallest absolute Gasteiger partial charge is 0.244 e. The first-order valence-electron chi connectivity index (χ1n) is 7.77. The van der Waals surface area contributed by atoms with E-state index in [0.29, 0.717) is 23.2 Å². The second-order valence-electron chi connectivity index (χ2n) is 6.20. The fourth-order valence-electron chi connectivity index (χ4n) is 2.75. The van der Waals surface area contributed by atoms with Gasteiger partial charge in [0.1, 0.15) is 4.90 Å². The van der Waals surface area contributed by atoms with E-state index in [0.717, 1.165) is 31.5 Å². The van der Waals surface area contributed by atoms with Crippen LogP contribution in [0, 0.1) is 13.8 Å². The van der Waals surface area contributed by atoms with E-state index in [4.69, 9.17) is 0 Å². The highest BCUT2D eigenvalue weighted by molar-refractivity contribution is 7.89. The van der Waals surface area contributed by atoms with Crippen molar-refractivity contribution in [1.82, 2.24) is 19.8 Å². The lowest BCUT2D eigenvalue weighted by Crippen LogP contribution is -2.39. The van der Waals surface area contributed by atoms with E-state index < -0.39 is 10.0 Å². The maximum absolute atomic E-state index is 12.5. The quantitative estimate of drug-likeness (QED) is 0.790. The number of aryl methyl sites for hydroxylation is 1. The summed E-state index contributed by atoms with van der Waals surface area (Å²) in [5.74, 6) is 0. The van der Waals surface area contributed by atoms with Crippen LogP contribution in [-0.4, -0.2) is 36.8 Å². The van der Waals surface area contributed by atoms with Gasteiger partial charge >= 0.3 is 0 Å². The standard InChI is InChI=1S/C14H24N4O2S/c1-10-14(21(19,20)17-13-4-3-5-13)11(2)18(16-10)9-8-15-12-6-7-12/h12-13,15,17H,3-9H2,1-2H3. The molecule has 1 aromatic rings. The molecule has 0 unspecified atom stereocenters. The lowest BCUT2D eigenvalue weighted by molar-refractivity contribution is 0.383. The molecule has 0 amide bonds. The van der Waals surface area contributed by atoms with Gasteiger partial charge in [-0.15, -0.1) is 0 Å². The molecule has 0 bridgehead atoms. The molecular formula is C14H24N4O2S. The molecule has 1 heterocycles. The first-order valence-corrected chi connectivity index (χ1v) is 9.25. The lowest BCUT2D eigenvalue weighted by atomic mass is 9.94. The summed E-state index contributed by atoms with van der Waals surface area (Å²) in [6, 6.07) is 0.763. The van der Waals surface area contributed by atoms with E-state index in [1.807, 2.05) is 6.92 Å². The monoisotopic (exact) mass is 312 g/mol. The molecule has 2 aliphatic rings. The molecule has 7 heteroatoms. The fraction of sp³-hybridized carbons (Fsp3) is 0.786. The molecule has 3 rings (SSSR count). The summed E-state index contributed by atoms with van der Waals surface area (Å²) in [6.07, 6.45) is 5.49. The summed E-state index contributed by atoms with van der Waals surface area (Å²) in [6.45, 7) is 5.16. The van der Waals surface area contributed by atoms with E-state index in [-0.39, 0.29) is 6.04 Å². The zero-order valence-corrected chi connectivity index (χ0v) is 13.5. The van der Waals surface area contributed by atoms with Crippen LogP contribution < -0.4 is 10.0 Å². The molecule has 2 saturated carbocycles. The Kier molecular flexibility index (Phi) is 4.07. The molecule has 0 saturated heterocycles. The summed E-state index contributed by atoms with van der Waals surface area (Å²) < 4.78 is 29.6. The van der Waals surface area contributed by atoms with Crippen molar-refractivity contribution in [2.24, 2.45) is 0 Å². The van der Waals surface area contributed by atoms with E-state index >= 15 is 0 Å². The third-order valence-corrected chi connectivity index (χ3v) is 6.12. The van der Waals surface area contributed by atoms with Crippen LogP contribution in [0.1, 0.15) is 43.5 Å². The zero-order chi connectivity index (χ0) is 15.0. The summed E-state index contributed by atoms with van der Waals surface area (Å²) in [5.41, 5.74) is 1.32. The molecule has 0 radical (unpaired) electrons. The zero-order valence-electron chi connectivity index (χ0n) is 12.7. The molecule has 6 nitrogen and oxygen atoms in total. The Hall–Kier alpha value is -0.920. The summed E-state index contributed by atoms with van der Waals surface area (Å²) in [7, 11) is -3.44. The Morgan fingerprint density at radius 2 is 1.90 bits per heavy atom. The van der Waals surface area contributed by atoms with Crippen LogP contribution >= 0.6 is 0 Å². The van der Waals surface area contributed by atoms with Crippen LogP contribution in [0.3, 0.4) is 0 Å². The minimum Gasteiger partial charge on any atom is -0.312 e. The molecule has 21 heavy (non-hydrogen) atoms. The van der Waals surface area contributed by atoms with Gasteiger partial charge in [-0.05, 0) is 39.5 Å². The largest absolute Gasteiger partial charge is 0.312 e. The molecule has 2 aliphatic carbocycles. The number of aromatic nitrogens is 2. The van der Waals surface area contributed by atoms with Crippen molar-refractivity contribution in [3.8, 4) is 0 Å². The average molecular weight is 312 g/mol. The highest BCUT2D eigenvalue weighted by Gasteiger charge is 2.29. The van der Waals surface area contributed by atoms with E-state index in [1.165, 1.54) is 12.8 Å². The second kappa shape index (κ2) is 5.70. The van der Waals surface area contributed by atoms with Crippen molar-refractivity contribution < 1.29 is 8.42 Å². The van der Waals surface area contributed by atoms with Gasteiger partial charge in [-0.25, -0.2) is 13.1 Å². The topological polar surface area (TPSA) is 76.0 Å². The maximum atomic E-state index is 12.5. The summed E-state index contributed by atoms with van der Waals surface area (Å²) >= 11 is 0. The molecule has 0 aliphatic heterocycles. The number of hydrogen-bond acceptors (Lipinski definition) is 4. The Labute approximate surface area is 126 Å². The van der Waals surface area contributed by atoms with Crippen LogP contribution in [0.15, 0.2) is 4.90 Å². The van der Waals surface area contributed by atoms with Gasteiger partial charge in [-0.1, -0.05) is 6.42 Å². The Morgan fingerprint density at radius 3 is 2.48 bits per heavy atom. The van der Waals surface area contributed by atoms with Crippen molar-refractivity contribution in [2.45, 2.75) is 69.5 Å². The van der Waals surface area contributed by atoms with Crippen molar-refractivity contribution in [3.63, 3.8) is 0 Å². The number of nitrogens with one attached hydrogen (secondary N) is 2. The first kappa shape index (κ1) is 15.0. The Bertz CT molecular complexity index is 615. The minimum atomic E-state index is -3.44. The van der Waals surface area contributed by atoms with Crippen LogP contribution in [0.4, 0.5) is 0 Å². The van der Waals surface area contributed by atoms with Gasteiger partial charge in [0.05, 0.1) is 17.9 Å². The number of rotatable bonds is 7. The van der Waals surface area contributed by atoms with Crippen molar-refractivity contribution in [2.75, 3.05) is 6.54 Å². The molecule has 2 N–H and O–H groups in total. The van der Waals surface area contributed by atoms with Gasteiger partial charge in [-0.3, -0.25) is 4.68 Å². The van der Waals surface area contributed by atoms with Crippen molar-refractivity contribution in [3.05, 3.63) is 11.4 Å². The van der Waals surface area contributed by atoms with Crippen molar-refractivity contribution >= 4 is 10.0 Å². The maximum Gasteiger partial charge on any atom is 0.244 e. The number of nitrogens with zero attached hydrogens (tertiary/aromatic N) is 2. The summed E-state index contributed by atoms with van der Waals surface area (Å²) in [5, 5.41) is 7.83. The van der Waals surface area contributed by atoms with Crippen molar-refractivity contribution in [1.29, 1.82) is 0 Å². The predicted molar refractivity (Wildman–Crippen MR) is 80.7 cm³/mol. The molecular weight excluding hydrogens is 288 g/mol. The molecule has 118 valence electrons. The highest BCUT2D eigenvalue weighted by Crippen LogP contribution is 2.24. The molecule has 1 aromatic heterocycles. The SMILES string of the molecule is Cc1nn(CCNC2CC2)c(C)c1S(=O)(=O)NC1CCC1. The summed E-state index contributed by atoms with van der Waals surface area (Å²) in [4.78, 5) is 0.362. The lowest BCUT2D eigenvalue weighted by Gasteiger charge is -2.26. The van der Waals surface area contributed by atoms with Crippen LogP contribution in [0.25, 0.3) is 0 Å². The minimum absolute atomic E-state index is 0.105. The molecule has 0 atom stereocenters. The van der Waals surface area contributed by atoms with E-state index in [2.05, 4.69) is 15.1 Å². The van der Waals surface area contributed by atoms with Gasteiger partial charge in [0.15, 0.2) is 0 Å². The number of sulfonamides is 1. The van der Waals surface area contributed by atoms with E-state index in [9.17, 15) is 8.42 Å². The molecule has 0 aromatic carbocycles. The van der Waals surface area contributed by atoms with Crippen LogP contribution in [-0.2, 0) is 16.6 Å². The Balaban J connectivity index is 1.72. The van der Waals surface area contributed by atoms with E-state index in [1.54, 1.807) is 11.6 Å². The number of hydrogen-bond donors (Lipinski definition) is 2. The predicted octanol–water partition coefficient (Wildman–Crippen LogP) is 1.08. The average Bonchev–Trinajstić information content (AvgIpc) is 3.12. The normalized spacial score (nSPS) is 19.7. The van der Waals surface area contributed by atoms with Crippen LogP contribution in [0.5, 0.6) is 0 Å².